The zero-order chi connectivity index (χ0) is 20.6. The highest BCUT2D eigenvalue weighted by atomic mass is 32.2. The van der Waals surface area contributed by atoms with Crippen molar-refractivity contribution in [3.8, 4) is 5.75 Å². The van der Waals surface area contributed by atoms with Crippen LogP contribution in [0.25, 0.3) is 0 Å². The Morgan fingerprint density at radius 1 is 1.07 bits per heavy atom. The number of hydrogen-bond donors (Lipinski definition) is 2. The molecule has 0 heterocycles. The average Bonchev–Trinajstić information content (AvgIpc) is 2.63. The van der Waals surface area contributed by atoms with E-state index in [1.165, 1.54) is 0 Å². The predicted octanol–water partition coefficient (Wildman–Crippen LogP) is 2.71. The first-order chi connectivity index (χ1) is 13.3. The lowest BCUT2D eigenvalue weighted by atomic mass is 10.1. The lowest BCUT2D eigenvalue weighted by molar-refractivity contribution is -0.149. The maximum absolute atomic E-state index is 11.2. The first-order valence-corrected chi connectivity index (χ1v) is 10.8. The van der Waals surface area contributed by atoms with Gasteiger partial charge in [-0.25, -0.2) is 13.2 Å². The zero-order valence-corrected chi connectivity index (χ0v) is 16.7. The monoisotopic (exact) mass is 407 g/mol. The number of carboxylic acid groups (broad SMARTS) is 1. The Bertz CT molecular complexity index is 863. The van der Waals surface area contributed by atoms with Crippen LogP contribution in [-0.2, 0) is 32.4 Å². The molecule has 0 aliphatic rings. The summed E-state index contributed by atoms with van der Waals surface area (Å²) in [6.07, 6.45) is 1.24. The van der Waals surface area contributed by atoms with Gasteiger partial charge in [-0.05, 0) is 42.3 Å². The normalized spacial score (nSPS) is 12.4. The second-order valence-electron chi connectivity index (χ2n) is 6.30. The van der Waals surface area contributed by atoms with E-state index < -0.39 is 22.1 Å². The summed E-state index contributed by atoms with van der Waals surface area (Å²) < 4.78 is 35.7. The van der Waals surface area contributed by atoms with Gasteiger partial charge < -0.3 is 14.6 Å². The van der Waals surface area contributed by atoms with Crippen molar-refractivity contribution in [1.82, 2.24) is 0 Å². The molecule has 0 aromatic heterocycles. The number of benzene rings is 2. The minimum absolute atomic E-state index is 0.303. The molecular weight excluding hydrogens is 382 g/mol. The fourth-order valence-corrected chi connectivity index (χ4v) is 3.16. The Hall–Kier alpha value is -2.58. The fraction of sp³-hybridized carbons (Fsp3) is 0.350. The van der Waals surface area contributed by atoms with E-state index in [1.54, 1.807) is 31.2 Å². The molecule has 0 bridgehead atoms. The Morgan fingerprint density at radius 3 is 2.21 bits per heavy atom. The first-order valence-electron chi connectivity index (χ1n) is 8.89. The number of rotatable bonds is 11. The fourth-order valence-electron chi connectivity index (χ4n) is 2.59. The Kier molecular flexibility index (Phi) is 7.83. The molecule has 152 valence electrons. The molecule has 0 saturated heterocycles. The second-order valence-corrected chi connectivity index (χ2v) is 8.05. The zero-order valence-electron chi connectivity index (χ0n) is 15.9. The minimum Gasteiger partial charge on any atom is -0.493 e. The summed E-state index contributed by atoms with van der Waals surface area (Å²) in [6, 6.07) is 14.4. The van der Waals surface area contributed by atoms with Crippen molar-refractivity contribution in [3.05, 3.63) is 59.7 Å². The maximum Gasteiger partial charge on any atom is 0.333 e. The number of hydrogen-bond acceptors (Lipinski definition) is 5. The molecule has 0 fully saturated rings. The van der Waals surface area contributed by atoms with Crippen LogP contribution in [-0.4, -0.2) is 45.1 Å². The van der Waals surface area contributed by atoms with Crippen molar-refractivity contribution >= 4 is 21.7 Å². The van der Waals surface area contributed by atoms with Crippen molar-refractivity contribution in [2.75, 3.05) is 24.2 Å². The molecule has 2 aromatic carbocycles. The van der Waals surface area contributed by atoms with Crippen molar-refractivity contribution in [3.63, 3.8) is 0 Å². The molecular formula is C20H25NO6S. The number of ether oxygens (including phenoxy) is 2. The smallest absolute Gasteiger partial charge is 0.333 e. The highest BCUT2D eigenvalue weighted by molar-refractivity contribution is 7.92. The number of sulfonamides is 1. The number of carbonyl (C=O) groups is 1. The van der Waals surface area contributed by atoms with Gasteiger partial charge >= 0.3 is 5.97 Å². The molecule has 0 spiro atoms. The highest BCUT2D eigenvalue weighted by Gasteiger charge is 2.17. The van der Waals surface area contributed by atoms with Crippen LogP contribution in [0.4, 0.5) is 5.69 Å². The van der Waals surface area contributed by atoms with E-state index in [4.69, 9.17) is 14.6 Å². The number of anilines is 1. The van der Waals surface area contributed by atoms with Crippen molar-refractivity contribution in [1.29, 1.82) is 0 Å². The third kappa shape index (κ3) is 7.58. The van der Waals surface area contributed by atoms with Crippen LogP contribution in [0.15, 0.2) is 48.5 Å². The molecule has 0 aliphatic heterocycles. The third-order valence-electron chi connectivity index (χ3n) is 3.90. The van der Waals surface area contributed by atoms with Crippen molar-refractivity contribution in [2.24, 2.45) is 0 Å². The molecule has 28 heavy (non-hydrogen) atoms. The Labute approximate surface area is 165 Å². The van der Waals surface area contributed by atoms with Crippen LogP contribution in [0.2, 0.25) is 0 Å². The minimum atomic E-state index is -3.28. The number of nitrogens with one attached hydrogen (secondary N) is 1. The third-order valence-corrected chi connectivity index (χ3v) is 4.51. The molecule has 0 unspecified atom stereocenters. The van der Waals surface area contributed by atoms with Gasteiger partial charge in [0.15, 0.2) is 6.10 Å². The molecule has 8 heteroatoms. The molecule has 0 aliphatic carbocycles. The van der Waals surface area contributed by atoms with Crippen LogP contribution in [0, 0.1) is 0 Å². The van der Waals surface area contributed by atoms with Crippen molar-refractivity contribution in [2.45, 2.75) is 25.9 Å². The molecule has 2 rings (SSSR count). The van der Waals surface area contributed by atoms with Crippen LogP contribution in [0.1, 0.15) is 18.1 Å². The molecule has 0 saturated carbocycles. The molecule has 2 aromatic rings. The highest BCUT2D eigenvalue weighted by Crippen LogP contribution is 2.16. The first kappa shape index (κ1) is 21.7. The molecule has 2 N–H and O–H groups in total. The van der Waals surface area contributed by atoms with Gasteiger partial charge in [0, 0.05) is 25.1 Å². The summed E-state index contributed by atoms with van der Waals surface area (Å²) >= 11 is 0. The summed E-state index contributed by atoms with van der Waals surface area (Å²) in [6.45, 7) is 2.58. The van der Waals surface area contributed by atoms with Gasteiger partial charge in [-0.3, -0.25) is 4.72 Å². The van der Waals surface area contributed by atoms with Gasteiger partial charge in [-0.15, -0.1) is 0 Å². The van der Waals surface area contributed by atoms with E-state index in [1.807, 2.05) is 24.3 Å². The van der Waals surface area contributed by atoms with Gasteiger partial charge in [-0.1, -0.05) is 24.3 Å². The largest absolute Gasteiger partial charge is 0.493 e. The lowest BCUT2D eigenvalue weighted by Crippen LogP contribution is -2.26. The van der Waals surface area contributed by atoms with Gasteiger partial charge in [-0.2, -0.15) is 0 Å². The van der Waals surface area contributed by atoms with Crippen LogP contribution in [0.3, 0.4) is 0 Å². The topological polar surface area (TPSA) is 102 Å². The summed E-state index contributed by atoms with van der Waals surface area (Å²) in [4.78, 5) is 11.1. The van der Waals surface area contributed by atoms with E-state index in [9.17, 15) is 13.2 Å². The molecule has 7 nitrogen and oxygen atoms in total. The van der Waals surface area contributed by atoms with Crippen LogP contribution in [0.5, 0.6) is 5.75 Å². The SMILES string of the molecule is CCO[C@@H](Cc1ccc(OCCc2ccc(NS(C)(=O)=O)cc2)cc1)C(=O)O. The molecule has 0 amide bonds. The summed E-state index contributed by atoms with van der Waals surface area (Å²) in [7, 11) is -3.28. The molecule has 1 atom stereocenters. The standard InChI is InChI=1S/C20H25NO6S/c1-3-26-19(20(22)23)14-16-6-10-18(11-7-16)27-13-12-15-4-8-17(9-5-15)21-28(2,24)25/h4-11,19,21H,3,12-14H2,1-2H3,(H,22,23)/t19-/m0/s1. The van der Waals surface area contributed by atoms with Gasteiger partial charge in [0.1, 0.15) is 5.75 Å². The molecule has 0 radical (unpaired) electrons. The van der Waals surface area contributed by atoms with E-state index in [-0.39, 0.29) is 0 Å². The van der Waals surface area contributed by atoms with Crippen molar-refractivity contribution < 1.29 is 27.8 Å². The van der Waals surface area contributed by atoms with Gasteiger partial charge in [0.2, 0.25) is 10.0 Å². The summed E-state index contributed by atoms with van der Waals surface area (Å²) in [5.41, 5.74) is 2.41. The second kappa shape index (κ2) is 10.1. The van der Waals surface area contributed by atoms with Gasteiger partial charge in [0.25, 0.3) is 0 Å². The van der Waals surface area contributed by atoms with E-state index in [0.717, 1.165) is 17.4 Å². The maximum atomic E-state index is 11.2. The summed E-state index contributed by atoms with van der Waals surface area (Å²) in [5, 5.41) is 9.13. The Morgan fingerprint density at radius 2 is 1.68 bits per heavy atom. The van der Waals surface area contributed by atoms with E-state index >= 15 is 0 Å². The predicted molar refractivity (Wildman–Crippen MR) is 107 cm³/mol. The van der Waals surface area contributed by atoms with Gasteiger partial charge in [0.05, 0.1) is 12.9 Å². The van der Waals surface area contributed by atoms with E-state index in [0.29, 0.717) is 37.5 Å². The number of carboxylic acids is 1. The quantitative estimate of drug-likeness (QED) is 0.594. The lowest BCUT2D eigenvalue weighted by Gasteiger charge is -2.13. The Balaban J connectivity index is 1.82. The summed E-state index contributed by atoms with van der Waals surface area (Å²) in [5.74, 6) is -0.276. The average molecular weight is 407 g/mol. The number of aliphatic carboxylic acids is 1. The van der Waals surface area contributed by atoms with Crippen LogP contribution < -0.4 is 9.46 Å². The van der Waals surface area contributed by atoms with E-state index in [2.05, 4.69) is 4.72 Å². The van der Waals surface area contributed by atoms with Crippen LogP contribution >= 0.6 is 0 Å².